The lowest BCUT2D eigenvalue weighted by atomic mass is 9.95. The Balaban J connectivity index is 1.88. The van der Waals surface area contributed by atoms with Crippen LogP contribution in [0, 0.1) is 12.3 Å². The molecule has 13 heteroatoms. The minimum absolute atomic E-state index is 0.0979. The first kappa shape index (κ1) is 33.0. The number of halogens is 2. The second-order valence-corrected chi connectivity index (χ2v) is 11.8. The van der Waals surface area contributed by atoms with Gasteiger partial charge in [0, 0.05) is 0 Å². The van der Waals surface area contributed by atoms with Crippen molar-refractivity contribution in [1.82, 2.24) is 4.57 Å². The van der Waals surface area contributed by atoms with E-state index >= 15 is 0 Å². The van der Waals surface area contributed by atoms with Crippen molar-refractivity contribution in [3.63, 3.8) is 0 Å². The van der Waals surface area contributed by atoms with Crippen LogP contribution in [0.15, 0.2) is 60.3 Å². The standard InChI is InChI=1S/C31H28Br2N2O8S/c1-6-11-42-28-20(32)12-18(13-21(28)33)14-24-29(37)35-27(26(30(38)41-8-3)17(4)34-31(35)44-24)19-9-10-22(23(15-19)40-7-2)43-16-25(36)39-5/h1,9-10,12-15,27H,7-8,11,16H2,2-5H3/b24-14-/t27-/m1/s1. The molecule has 0 N–H and O–H groups in total. The van der Waals surface area contributed by atoms with Gasteiger partial charge in [0.25, 0.3) is 5.56 Å². The summed E-state index contributed by atoms with van der Waals surface area (Å²) in [6, 6.07) is 7.75. The number of carbonyl (C=O) groups excluding carboxylic acids is 2. The Morgan fingerprint density at radius 3 is 2.45 bits per heavy atom. The lowest BCUT2D eigenvalue weighted by Gasteiger charge is -2.25. The molecule has 10 nitrogen and oxygen atoms in total. The van der Waals surface area contributed by atoms with Gasteiger partial charge in [-0.1, -0.05) is 23.3 Å². The van der Waals surface area contributed by atoms with Crippen molar-refractivity contribution in [1.29, 1.82) is 0 Å². The van der Waals surface area contributed by atoms with E-state index in [1.807, 2.05) is 12.1 Å². The van der Waals surface area contributed by atoms with E-state index in [4.69, 9.17) is 25.4 Å². The summed E-state index contributed by atoms with van der Waals surface area (Å²) in [5, 5.41) is 0. The van der Waals surface area contributed by atoms with Crippen LogP contribution in [-0.4, -0.2) is 50.0 Å². The first-order valence-corrected chi connectivity index (χ1v) is 15.7. The number of methoxy groups -OCH3 is 1. The number of benzene rings is 2. The van der Waals surface area contributed by atoms with E-state index < -0.39 is 18.0 Å². The fourth-order valence-corrected chi connectivity index (χ4v) is 6.95. The number of hydrogen-bond donors (Lipinski definition) is 0. The van der Waals surface area contributed by atoms with E-state index in [1.165, 1.54) is 23.0 Å². The molecule has 0 saturated carbocycles. The molecule has 1 atom stereocenters. The van der Waals surface area contributed by atoms with Crippen molar-refractivity contribution in [3.05, 3.63) is 81.4 Å². The summed E-state index contributed by atoms with van der Waals surface area (Å²) in [6.07, 6.45) is 7.06. The Labute approximate surface area is 274 Å². The van der Waals surface area contributed by atoms with Gasteiger partial charge in [0.2, 0.25) is 0 Å². The van der Waals surface area contributed by atoms with Crippen LogP contribution in [-0.2, 0) is 19.1 Å². The number of nitrogens with zero attached hydrogens (tertiary/aromatic N) is 2. The summed E-state index contributed by atoms with van der Waals surface area (Å²) in [7, 11) is 1.27. The fraction of sp³-hybridized carbons (Fsp3) is 0.290. The first-order chi connectivity index (χ1) is 21.1. The topological polar surface area (TPSA) is 115 Å². The second kappa shape index (κ2) is 14.7. The molecule has 1 aliphatic heterocycles. The Morgan fingerprint density at radius 1 is 1.09 bits per heavy atom. The van der Waals surface area contributed by atoms with E-state index in [0.717, 1.165) is 0 Å². The third kappa shape index (κ3) is 7.09. The smallest absolute Gasteiger partial charge is 0.343 e. The van der Waals surface area contributed by atoms with Gasteiger partial charge in [0.05, 0.1) is 51.1 Å². The first-order valence-electron chi connectivity index (χ1n) is 13.3. The van der Waals surface area contributed by atoms with E-state index in [9.17, 15) is 14.4 Å². The Bertz CT molecular complexity index is 1830. The van der Waals surface area contributed by atoms with Crippen LogP contribution in [0.4, 0.5) is 0 Å². The van der Waals surface area contributed by atoms with E-state index in [0.29, 0.717) is 59.0 Å². The molecular formula is C31H28Br2N2O8S. The van der Waals surface area contributed by atoms with Crippen LogP contribution in [0.25, 0.3) is 6.08 Å². The summed E-state index contributed by atoms with van der Waals surface area (Å²) in [5.41, 5.74) is 1.56. The molecule has 230 valence electrons. The van der Waals surface area contributed by atoms with Crippen LogP contribution in [0.5, 0.6) is 17.2 Å². The van der Waals surface area contributed by atoms with Crippen LogP contribution >= 0.6 is 43.2 Å². The number of terminal acetylenes is 1. The van der Waals surface area contributed by atoms with Crippen LogP contribution in [0.1, 0.15) is 37.9 Å². The van der Waals surface area contributed by atoms with Gasteiger partial charge in [-0.15, -0.1) is 6.42 Å². The van der Waals surface area contributed by atoms with Crippen molar-refractivity contribution in [2.24, 2.45) is 4.99 Å². The van der Waals surface area contributed by atoms with Gasteiger partial charge in [-0.05, 0) is 94.1 Å². The van der Waals surface area contributed by atoms with Crippen LogP contribution in [0.2, 0.25) is 0 Å². The Morgan fingerprint density at radius 2 is 1.82 bits per heavy atom. The molecule has 4 rings (SSSR count). The molecule has 1 aromatic heterocycles. The molecule has 44 heavy (non-hydrogen) atoms. The number of hydrogen-bond acceptors (Lipinski definition) is 10. The zero-order valence-corrected chi connectivity index (χ0v) is 28.3. The summed E-state index contributed by atoms with van der Waals surface area (Å²) in [4.78, 5) is 44.0. The van der Waals surface area contributed by atoms with E-state index in [-0.39, 0.29) is 31.0 Å². The number of allylic oxidation sites excluding steroid dienone is 1. The number of carbonyl (C=O) groups is 2. The summed E-state index contributed by atoms with van der Waals surface area (Å²) in [6.45, 7) is 5.44. The maximum absolute atomic E-state index is 14.0. The summed E-state index contributed by atoms with van der Waals surface area (Å²) >= 11 is 8.20. The monoisotopic (exact) mass is 746 g/mol. The molecule has 0 spiro atoms. The van der Waals surface area contributed by atoms with Gasteiger partial charge in [-0.25, -0.2) is 14.6 Å². The zero-order chi connectivity index (χ0) is 32.0. The molecular weight excluding hydrogens is 720 g/mol. The number of fused-ring (bicyclic) bond motifs is 1. The van der Waals surface area contributed by atoms with Gasteiger partial charge in [-0.3, -0.25) is 9.36 Å². The minimum atomic E-state index is -0.876. The SMILES string of the molecule is C#CCOc1c(Br)cc(/C=c2\sc3n(c2=O)[C@H](c2ccc(OCC(=O)OC)c(OCC)c2)C(C(=O)OCC)=C(C)N=3)cc1Br. The quantitative estimate of drug-likeness (QED) is 0.211. The van der Waals surface area contributed by atoms with Crippen molar-refractivity contribution in [2.75, 3.05) is 33.5 Å². The number of esters is 2. The van der Waals surface area contributed by atoms with Crippen LogP contribution in [0.3, 0.4) is 0 Å². The maximum atomic E-state index is 14.0. The molecule has 0 radical (unpaired) electrons. The normalized spacial score (nSPS) is 14.3. The largest absolute Gasteiger partial charge is 0.490 e. The zero-order valence-electron chi connectivity index (χ0n) is 24.3. The average molecular weight is 748 g/mol. The molecule has 0 amide bonds. The highest BCUT2D eigenvalue weighted by Gasteiger charge is 2.34. The molecule has 1 aliphatic rings. The highest BCUT2D eigenvalue weighted by atomic mass is 79.9. The lowest BCUT2D eigenvalue weighted by Crippen LogP contribution is -2.40. The van der Waals surface area contributed by atoms with E-state index in [2.05, 4.69) is 47.5 Å². The molecule has 0 fully saturated rings. The molecule has 3 aromatic rings. The predicted octanol–water partition coefficient (Wildman–Crippen LogP) is 4.29. The molecule has 0 bridgehead atoms. The third-order valence-electron chi connectivity index (χ3n) is 6.29. The van der Waals surface area contributed by atoms with Crippen molar-refractivity contribution >= 4 is 61.2 Å². The number of thiazole rings is 1. The van der Waals surface area contributed by atoms with Crippen molar-refractivity contribution in [3.8, 4) is 29.6 Å². The molecule has 2 heterocycles. The molecule has 2 aromatic carbocycles. The lowest BCUT2D eigenvalue weighted by molar-refractivity contribution is -0.143. The van der Waals surface area contributed by atoms with Gasteiger partial charge in [0.15, 0.2) is 22.9 Å². The van der Waals surface area contributed by atoms with Gasteiger partial charge in [0.1, 0.15) is 12.4 Å². The number of ether oxygens (including phenoxy) is 5. The second-order valence-electron chi connectivity index (χ2n) is 9.11. The number of aromatic nitrogens is 1. The third-order valence-corrected chi connectivity index (χ3v) is 8.45. The van der Waals surface area contributed by atoms with Gasteiger partial charge < -0.3 is 23.7 Å². The Kier molecular flexibility index (Phi) is 11.1. The number of rotatable bonds is 11. The summed E-state index contributed by atoms with van der Waals surface area (Å²) < 4.78 is 30.2. The molecule has 0 unspecified atom stereocenters. The predicted molar refractivity (Wildman–Crippen MR) is 172 cm³/mol. The van der Waals surface area contributed by atoms with Crippen molar-refractivity contribution < 1.29 is 33.3 Å². The van der Waals surface area contributed by atoms with Crippen LogP contribution < -0.4 is 29.1 Å². The van der Waals surface area contributed by atoms with Crippen molar-refractivity contribution in [2.45, 2.75) is 26.8 Å². The fourth-order valence-electron chi connectivity index (χ4n) is 4.45. The molecule has 0 saturated heterocycles. The van der Waals surface area contributed by atoms with Gasteiger partial charge in [-0.2, -0.15) is 0 Å². The van der Waals surface area contributed by atoms with E-state index in [1.54, 1.807) is 45.0 Å². The summed E-state index contributed by atoms with van der Waals surface area (Å²) in [5.74, 6) is 2.46. The van der Waals surface area contributed by atoms with Gasteiger partial charge >= 0.3 is 11.9 Å². The average Bonchev–Trinajstić information content (AvgIpc) is 3.29. The maximum Gasteiger partial charge on any atom is 0.343 e. The minimum Gasteiger partial charge on any atom is -0.490 e. The highest BCUT2D eigenvalue weighted by molar-refractivity contribution is 9.11. The molecule has 0 aliphatic carbocycles. The Hall–Kier alpha value is -3.86. The highest BCUT2D eigenvalue weighted by Crippen LogP contribution is 2.37.